The Morgan fingerprint density at radius 1 is 1.20 bits per heavy atom. The summed E-state index contributed by atoms with van der Waals surface area (Å²) >= 11 is 0. The van der Waals surface area contributed by atoms with Gasteiger partial charge in [0.25, 0.3) is 0 Å². The Morgan fingerprint density at radius 3 is 2.57 bits per heavy atom. The monoisotopic (exact) mass is 492 g/mol. The van der Waals surface area contributed by atoms with Crippen LogP contribution in [0.3, 0.4) is 0 Å². The predicted octanol–water partition coefficient (Wildman–Crippen LogP) is 4.79. The third-order valence-electron chi connectivity index (χ3n) is 5.07. The Balaban J connectivity index is 1.21. The highest BCUT2D eigenvalue weighted by Gasteiger charge is 2.30. The van der Waals surface area contributed by atoms with E-state index in [0.717, 1.165) is 12.1 Å². The van der Waals surface area contributed by atoms with E-state index in [2.05, 4.69) is 10.3 Å². The van der Waals surface area contributed by atoms with Crippen LogP contribution in [0.25, 0.3) is 0 Å². The van der Waals surface area contributed by atoms with E-state index in [9.17, 15) is 28.1 Å². The van der Waals surface area contributed by atoms with Crippen molar-refractivity contribution in [1.29, 1.82) is 0 Å². The number of halogens is 3. The zero-order chi connectivity index (χ0) is 25.0. The van der Waals surface area contributed by atoms with E-state index in [1.807, 2.05) is 0 Å². The number of aryl methyl sites for hydroxylation is 1. The molecule has 0 fully saturated rings. The maximum absolute atomic E-state index is 12.6. The normalized spacial score (nSPS) is 15.0. The fourth-order valence-corrected chi connectivity index (χ4v) is 3.25. The first kappa shape index (κ1) is 23.9. The van der Waals surface area contributed by atoms with Crippen LogP contribution in [0, 0.1) is 10.1 Å². The molecule has 0 bridgehead atoms. The molecule has 35 heavy (non-hydrogen) atoms. The second kappa shape index (κ2) is 9.91. The van der Waals surface area contributed by atoms with Gasteiger partial charge in [-0.2, -0.15) is 13.2 Å². The molecule has 0 saturated carbocycles. The molecule has 3 aromatic rings. The van der Waals surface area contributed by atoms with Crippen molar-refractivity contribution < 1.29 is 37.1 Å². The Morgan fingerprint density at radius 2 is 1.91 bits per heavy atom. The van der Waals surface area contributed by atoms with Gasteiger partial charge in [-0.05, 0) is 46.9 Å². The quantitative estimate of drug-likeness (QED) is 0.372. The second-order valence-electron chi connectivity index (χ2n) is 7.59. The fourth-order valence-electron chi connectivity index (χ4n) is 3.25. The number of hydrogen-bond acceptors (Lipinski definition) is 7. The van der Waals surface area contributed by atoms with Gasteiger partial charge in [-0.3, -0.25) is 9.88 Å². The highest BCUT2D eigenvalue weighted by atomic mass is 19.4. The molecule has 1 atom stereocenters. The summed E-state index contributed by atoms with van der Waals surface area (Å²) in [7, 11) is 0. The highest BCUT2D eigenvalue weighted by molar-refractivity contribution is 5.84. The molecule has 10 nitrogen and oxygen atoms in total. The molecule has 2 heterocycles. The molecule has 0 spiro atoms. The van der Waals surface area contributed by atoms with Gasteiger partial charge in [0.15, 0.2) is 0 Å². The van der Waals surface area contributed by atoms with Gasteiger partial charge in [0.2, 0.25) is 0 Å². The molecule has 0 unspecified atom stereocenters. The molecule has 13 heteroatoms. The molecule has 0 saturated heterocycles. The first-order valence-corrected chi connectivity index (χ1v) is 10.4. The van der Waals surface area contributed by atoms with E-state index in [-0.39, 0.29) is 25.0 Å². The van der Waals surface area contributed by atoms with Crippen molar-refractivity contribution in [3.63, 3.8) is 0 Å². The fraction of sp³-hybridized carbons (Fsp3) is 0.273. The van der Waals surface area contributed by atoms with Crippen molar-refractivity contribution in [3.05, 3.63) is 76.0 Å². The molecular weight excluding hydrogens is 473 g/mol. The number of nitrogens with one attached hydrogen (secondary N) is 1. The number of aromatic nitrogens is 2. The van der Waals surface area contributed by atoms with Crippen LogP contribution in [0.5, 0.6) is 11.8 Å². The van der Waals surface area contributed by atoms with Crippen LogP contribution < -0.4 is 14.8 Å². The topological polar surface area (TPSA) is 118 Å². The average Bonchev–Trinajstić information content (AvgIpc) is 3.26. The molecule has 1 N–H and O–H groups in total. The summed E-state index contributed by atoms with van der Waals surface area (Å²) in [5, 5.41) is 13.4. The summed E-state index contributed by atoms with van der Waals surface area (Å²) in [6.45, 7) is 0.455. The zero-order valence-corrected chi connectivity index (χ0v) is 18.0. The summed E-state index contributed by atoms with van der Waals surface area (Å²) < 4.78 is 55.6. The van der Waals surface area contributed by atoms with Gasteiger partial charge >= 0.3 is 24.1 Å². The van der Waals surface area contributed by atoms with Gasteiger partial charge in [0, 0.05) is 23.6 Å². The van der Waals surface area contributed by atoms with Crippen molar-refractivity contribution >= 4 is 17.6 Å². The predicted molar refractivity (Wildman–Crippen MR) is 115 cm³/mol. The maximum atomic E-state index is 12.6. The molecule has 1 amide bonds. The zero-order valence-electron chi connectivity index (χ0n) is 18.0. The first-order chi connectivity index (χ1) is 16.7. The summed E-state index contributed by atoms with van der Waals surface area (Å²) in [4.78, 5) is 26.1. The molecular formula is C22H19F3N4O6. The van der Waals surface area contributed by atoms with Crippen molar-refractivity contribution in [2.45, 2.75) is 31.9 Å². The SMILES string of the molecule is O=C(Nc1ccc(OCc2ccc(C(F)(F)F)cc2)cc1)OC[C@H]1CCn2cc([N+](=O)[O-])nc2O1. The molecule has 1 aliphatic rings. The largest absolute Gasteiger partial charge is 0.489 e. The van der Waals surface area contributed by atoms with Gasteiger partial charge in [-0.1, -0.05) is 12.1 Å². The Kier molecular flexibility index (Phi) is 6.75. The van der Waals surface area contributed by atoms with Gasteiger partial charge < -0.3 is 24.3 Å². The van der Waals surface area contributed by atoms with E-state index in [1.165, 1.54) is 22.9 Å². The number of nitro groups is 1. The lowest BCUT2D eigenvalue weighted by molar-refractivity contribution is -0.389. The number of benzene rings is 2. The van der Waals surface area contributed by atoms with Crippen LogP contribution in [0.4, 0.5) is 29.5 Å². The summed E-state index contributed by atoms with van der Waals surface area (Å²) in [6.07, 6.45) is -3.82. The minimum Gasteiger partial charge on any atom is -0.489 e. The number of amides is 1. The standard InChI is InChI=1S/C22H19F3N4O6/c23-22(24,25)15-3-1-14(2-4-15)12-33-17-7-5-16(6-8-17)26-21(30)34-13-18-9-10-28-11-19(29(31)32)27-20(28)35-18/h1-8,11,18H,9-10,12-13H2,(H,26,30)/t18-/m1/s1. The number of anilines is 1. The van der Waals surface area contributed by atoms with Crippen molar-refractivity contribution in [2.24, 2.45) is 0 Å². The molecule has 184 valence electrons. The second-order valence-corrected chi connectivity index (χ2v) is 7.59. The number of ether oxygens (including phenoxy) is 3. The third kappa shape index (κ3) is 6.19. The number of hydrogen-bond donors (Lipinski definition) is 1. The summed E-state index contributed by atoms with van der Waals surface area (Å²) in [6, 6.07) is 11.1. The molecule has 1 aromatic heterocycles. The van der Waals surface area contributed by atoms with Crippen molar-refractivity contribution in [3.8, 4) is 11.8 Å². The van der Waals surface area contributed by atoms with Crippen LogP contribution in [0.1, 0.15) is 17.5 Å². The average molecular weight is 492 g/mol. The van der Waals surface area contributed by atoms with E-state index in [0.29, 0.717) is 30.0 Å². The Bertz CT molecular complexity index is 1200. The number of carbonyl (C=O) groups is 1. The van der Waals surface area contributed by atoms with Crippen LogP contribution in [-0.4, -0.2) is 33.3 Å². The lowest BCUT2D eigenvalue weighted by atomic mass is 10.1. The van der Waals surface area contributed by atoms with Crippen LogP contribution >= 0.6 is 0 Å². The lowest BCUT2D eigenvalue weighted by Crippen LogP contribution is -2.32. The Labute approximate surface area is 196 Å². The Hall–Kier alpha value is -4.29. The molecule has 0 aliphatic carbocycles. The smallest absolute Gasteiger partial charge is 0.416 e. The number of alkyl halides is 3. The molecule has 1 aliphatic heterocycles. The molecule has 4 rings (SSSR count). The summed E-state index contributed by atoms with van der Waals surface area (Å²) in [5.74, 6) is 0.148. The number of fused-ring (bicyclic) bond motifs is 1. The number of imidazole rings is 1. The first-order valence-electron chi connectivity index (χ1n) is 10.4. The lowest BCUT2D eigenvalue weighted by Gasteiger charge is -2.21. The number of nitrogens with zero attached hydrogens (tertiary/aromatic N) is 3. The minimum absolute atomic E-state index is 0.0686. The maximum Gasteiger partial charge on any atom is 0.416 e. The van der Waals surface area contributed by atoms with E-state index in [1.54, 1.807) is 24.3 Å². The van der Waals surface area contributed by atoms with E-state index < -0.39 is 28.9 Å². The molecule has 0 radical (unpaired) electrons. The van der Waals surface area contributed by atoms with Gasteiger partial charge in [0.1, 0.15) is 31.3 Å². The van der Waals surface area contributed by atoms with Gasteiger partial charge in [-0.25, -0.2) is 4.79 Å². The summed E-state index contributed by atoms with van der Waals surface area (Å²) in [5.41, 5.74) is 0.284. The van der Waals surface area contributed by atoms with Gasteiger partial charge in [0.05, 0.1) is 5.56 Å². The number of rotatable bonds is 7. The van der Waals surface area contributed by atoms with E-state index >= 15 is 0 Å². The molecule has 2 aromatic carbocycles. The van der Waals surface area contributed by atoms with Crippen molar-refractivity contribution in [2.75, 3.05) is 11.9 Å². The van der Waals surface area contributed by atoms with Crippen LogP contribution in [0.2, 0.25) is 0 Å². The van der Waals surface area contributed by atoms with Crippen LogP contribution in [-0.2, 0) is 24.1 Å². The van der Waals surface area contributed by atoms with Crippen molar-refractivity contribution in [1.82, 2.24) is 9.55 Å². The third-order valence-corrected chi connectivity index (χ3v) is 5.07. The van der Waals surface area contributed by atoms with Gasteiger partial charge in [-0.15, -0.1) is 0 Å². The highest BCUT2D eigenvalue weighted by Crippen LogP contribution is 2.29. The number of carbonyl (C=O) groups excluding carboxylic acids is 1. The van der Waals surface area contributed by atoms with E-state index in [4.69, 9.17) is 14.2 Å². The minimum atomic E-state index is -4.39. The van der Waals surface area contributed by atoms with Crippen LogP contribution in [0.15, 0.2) is 54.7 Å².